The Labute approximate surface area is 177 Å². The fourth-order valence-corrected chi connectivity index (χ4v) is 2.65. The first kappa shape index (κ1) is 23.0. The predicted molar refractivity (Wildman–Crippen MR) is 98.0 cm³/mol. The molecule has 0 aliphatic carbocycles. The standard InChI is InChI=1S/C19H15F6N5O2/c1-11(29-17(31)12-3-2-4-13(7-12)19(23,24)25)16-27-10-28-30(16)15-6-5-14(8-26-15)32-9-18(20,21)22/h2-8,10-11H,9H2,1H3,(H,29,31). The molecule has 7 nitrogen and oxygen atoms in total. The molecule has 1 N–H and O–H groups in total. The number of hydrogen-bond acceptors (Lipinski definition) is 5. The van der Waals surface area contributed by atoms with Gasteiger partial charge in [-0.05, 0) is 37.3 Å². The molecule has 1 amide bonds. The Morgan fingerprint density at radius 3 is 2.50 bits per heavy atom. The number of hydrogen-bond donors (Lipinski definition) is 1. The van der Waals surface area contributed by atoms with E-state index in [0.717, 1.165) is 30.7 Å². The number of aromatic nitrogens is 4. The Morgan fingerprint density at radius 1 is 1.12 bits per heavy atom. The van der Waals surface area contributed by atoms with Gasteiger partial charge in [-0.1, -0.05) is 6.07 Å². The van der Waals surface area contributed by atoms with Crippen molar-refractivity contribution >= 4 is 5.91 Å². The van der Waals surface area contributed by atoms with E-state index in [4.69, 9.17) is 0 Å². The van der Waals surface area contributed by atoms with Crippen LogP contribution in [0, 0.1) is 0 Å². The largest absolute Gasteiger partial charge is 0.483 e. The van der Waals surface area contributed by atoms with Crippen LogP contribution in [0.25, 0.3) is 5.82 Å². The van der Waals surface area contributed by atoms with Crippen LogP contribution in [0.3, 0.4) is 0 Å². The second kappa shape index (κ2) is 8.85. The second-order valence-electron chi connectivity index (χ2n) is 6.56. The number of nitrogens with zero attached hydrogens (tertiary/aromatic N) is 4. The number of rotatable bonds is 6. The molecule has 3 rings (SSSR count). The summed E-state index contributed by atoms with van der Waals surface area (Å²) in [5, 5.41) is 6.50. The van der Waals surface area contributed by atoms with Gasteiger partial charge in [0, 0.05) is 5.56 Å². The molecular weight excluding hydrogens is 444 g/mol. The molecule has 13 heteroatoms. The van der Waals surface area contributed by atoms with E-state index in [2.05, 4.69) is 25.1 Å². The quantitative estimate of drug-likeness (QED) is 0.561. The summed E-state index contributed by atoms with van der Waals surface area (Å²) in [6, 6.07) is 5.75. The fraction of sp³-hybridized carbons (Fsp3) is 0.263. The van der Waals surface area contributed by atoms with Gasteiger partial charge in [-0.2, -0.15) is 36.1 Å². The Balaban J connectivity index is 1.73. The van der Waals surface area contributed by atoms with Crippen LogP contribution < -0.4 is 10.1 Å². The van der Waals surface area contributed by atoms with Crippen LogP contribution in [-0.4, -0.2) is 38.4 Å². The van der Waals surface area contributed by atoms with E-state index in [-0.39, 0.29) is 23.0 Å². The monoisotopic (exact) mass is 459 g/mol. The van der Waals surface area contributed by atoms with Crippen molar-refractivity contribution in [2.75, 3.05) is 6.61 Å². The number of halogens is 6. The summed E-state index contributed by atoms with van der Waals surface area (Å²) in [5.74, 6) is -0.501. The average Bonchev–Trinajstić information content (AvgIpc) is 3.21. The summed E-state index contributed by atoms with van der Waals surface area (Å²) in [6.07, 6.45) is -6.86. The molecule has 3 aromatic rings. The maximum absolute atomic E-state index is 12.9. The maximum atomic E-state index is 12.9. The lowest BCUT2D eigenvalue weighted by Gasteiger charge is -2.15. The smallest absolute Gasteiger partial charge is 0.422 e. The van der Waals surface area contributed by atoms with Gasteiger partial charge >= 0.3 is 12.4 Å². The zero-order valence-corrected chi connectivity index (χ0v) is 16.3. The van der Waals surface area contributed by atoms with E-state index in [1.165, 1.54) is 29.8 Å². The van der Waals surface area contributed by atoms with Crippen molar-refractivity contribution in [3.8, 4) is 11.6 Å². The molecule has 0 spiro atoms. The van der Waals surface area contributed by atoms with Crippen LogP contribution in [0.2, 0.25) is 0 Å². The Kier molecular flexibility index (Phi) is 6.37. The van der Waals surface area contributed by atoms with E-state index in [1.807, 2.05) is 0 Å². The topological polar surface area (TPSA) is 81.9 Å². The second-order valence-corrected chi connectivity index (χ2v) is 6.56. The summed E-state index contributed by atoms with van der Waals surface area (Å²) in [6.45, 7) is 0.0635. The van der Waals surface area contributed by atoms with Gasteiger partial charge in [0.25, 0.3) is 5.91 Å². The summed E-state index contributed by atoms with van der Waals surface area (Å²) in [7, 11) is 0. The van der Waals surface area contributed by atoms with Gasteiger partial charge in [-0.25, -0.2) is 9.97 Å². The Hall–Kier alpha value is -3.64. The summed E-state index contributed by atoms with van der Waals surface area (Å²) < 4.78 is 81.1. The molecule has 0 saturated carbocycles. The van der Waals surface area contributed by atoms with Crippen LogP contribution in [0.5, 0.6) is 5.75 Å². The molecule has 1 unspecified atom stereocenters. The number of ether oxygens (including phenoxy) is 1. The third-order valence-corrected chi connectivity index (χ3v) is 4.10. The SMILES string of the molecule is CC(NC(=O)c1cccc(C(F)(F)F)c1)c1ncnn1-c1ccc(OCC(F)(F)F)cn1. The van der Waals surface area contributed by atoms with E-state index in [1.54, 1.807) is 0 Å². The third-order valence-electron chi connectivity index (χ3n) is 4.10. The number of benzene rings is 1. The zero-order chi connectivity index (χ0) is 23.5. The minimum Gasteiger partial charge on any atom is -0.483 e. The van der Waals surface area contributed by atoms with Crippen molar-refractivity contribution in [1.29, 1.82) is 0 Å². The van der Waals surface area contributed by atoms with Crippen molar-refractivity contribution in [2.45, 2.75) is 25.3 Å². The van der Waals surface area contributed by atoms with Crippen LogP contribution in [0.4, 0.5) is 26.3 Å². The van der Waals surface area contributed by atoms with Crippen LogP contribution >= 0.6 is 0 Å². The van der Waals surface area contributed by atoms with E-state index in [0.29, 0.717) is 0 Å². The summed E-state index contributed by atoms with van der Waals surface area (Å²) in [5.41, 5.74) is -1.15. The third kappa shape index (κ3) is 5.74. The minimum absolute atomic E-state index is 0.112. The van der Waals surface area contributed by atoms with E-state index in [9.17, 15) is 31.1 Å². The molecule has 170 valence electrons. The molecule has 1 atom stereocenters. The first-order valence-corrected chi connectivity index (χ1v) is 8.98. The number of carbonyl (C=O) groups excluding carboxylic acids is 1. The van der Waals surface area contributed by atoms with Gasteiger partial charge in [0.05, 0.1) is 17.8 Å². The van der Waals surface area contributed by atoms with Crippen LogP contribution in [-0.2, 0) is 6.18 Å². The van der Waals surface area contributed by atoms with E-state index < -0.39 is 36.5 Å². The highest BCUT2D eigenvalue weighted by molar-refractivity contribution is 5.94. The number of alkyl halides is 6. The first-order chi connectivity index (χ1) is 14.9. The molecule has 0 saturated heterocycles. The lowest BCUT2D eigenvalue weighted by atomic mass is 10.1. The molecule has 0 bridgehead atoms. The first-order valence-electron chi connectivity index (χ1n) is 8.98. The fourth-order valence-electron chi connectivity index (χ4n) is 2.65. The highest BCUT2D eigenvalue weighted by Crippen LogP contribution is 2.29. The summed E-state index contributed by atoms with van der Waals surface area (Å²) >= 11 is 0. The van der Waals surface area contributed by atoms with Crippen molar-refractivity contribution in [2.24, 2.45) is 0 Å². The highest BCUT2D eigenvalue weighted by Gasteiger charge is 2.31. The minimum atomic E-state index is -4.59. The van der Waals surface area contributed by atoms with Gasteiger partial charge in [0.15, 0.2) is 18.2 Å². The maximum Gasteiger partial charge on any atom is 0.422 e. The molecule has 2 heterocycles. The number of pyridine rings is 1. The number of amides is 1. The van der Waals surface area contributed by atoms with Gasteiger partial charge in [0.2, 0.25) is 0 Å². The predicted octanol–water partition coefficient (Wildman–Crippen LogP) is 4.11. The molecular formula is C19H15F6N5O2. The highest BCUT2D eigenvalue weighted by atomic mass is 19.4. The molecule has 32 heavy (non-hydrogen) atoms. The average molecular weight is 459 g/mol. The Morgan fingerprint density at radius 2 is 1.88 bits per heavy atom. The lowest BCUT2D eigenvalue weighted by Crippen LogP contribution is -2.29. The molecule has 0 aliphatic rings. The molecule has 0 radical (unpaired) electrons. The lowest BCUT2D eigenvalue weighted by molar-refractivity contribution is -0.153. The van der Waals surface area contributed by atoms with Gasteiger partial charge in [-0.3, -0.25) is 4.79 Å². The number of nitrogens with one attached hydrogen (secondary N) is 1. The van der Waals surface area contributed by atoms with Crippen molar-refractivity contribution in [1.82, 2.24) is 25.1 Å². The molecule has 0 fully saturated rings. The van der Waals surface area contributed by atoms with Crippen molar-refractivity contribution in [3.63, 3.8) is 0 Å². The molecule has 2 aromatic heterocycles. The normalized spacial score (nSPS) is 13.0. The van der Waals surface area contributed by atoms with E-state index >= 15 is 0 Å². The van der Waals surface area contributed by atoms with Gasteiger partial charge < -0.3 is 10.1 Å². The van der Waals surface area contributed by atoms with Gasteiger partial charge in [0.1, 0.15) is 12.1 Å². The van der Waals surface area contributed by atoms with Crippen LogP contribution in [0.1, 0.15) is 34.7 Å². The van der Waals surface area contributed by atoms with Crippen molar-refractivity contribution < 1.29 is 35.9 Å². The van der Waals surface area contributed by atoms with Crippen LogP contribution in [0.15, 0.2) is 48.9 Å². The Bertz CT molecular complexity index is 1080. The summed E-state index contributed by atoms with van der Waals surface area (Å²) in [4.78, 5) is 20.4. The van der Waals surface area contributed by atoms with Crippen molar-refractivity contribution in [3.05, 3.63) is 65.9 Å². The molecule has 1 aromatic carbocycles. The zero-order valence-electron chi connectivity index (χ0n) is 16.3. The molecule has 0 aliphatic heterocycles. The van der Waals surface area contributed by atoms with Gasteiger partial charge in [-0.15, -0.1) is 0 Å². The number of carbonyl (C=O) groups is 1.